The molecule has 0 bridgehead atoms. The normalized spacial score (nSPS) is 29.1. The third-order valence-corrected chi connectivity index (χ3v) is 2.91. The first-order chi connectivity index (χ1) is 6.09. The fourth-order valence-electron chi connectivity index (χ4n) is 2.00. The van der Waals surface area contributed by atoms with Crippen LogP contribution in [0.2, 0.25) is 0 Å². The zero-order chi connectivity index (χ0) is 9.84. The molecule has 0 spiro atoms. The van der Waals surface area contributed by atoms with E-state index in [4.69, 9.17) is 4.74 Å². The van der Waals surface area contributed by atoms with Gasteiger partial charge >= 0.3 is 0 Å². The molecule has 2 nitrogen and oxygen atoms in total. The second kappa shape index (κ2) is 4.97. The van der Waals surface area contributed by atoms with E-state index in [1.165, 1.54) is 19.3 Å². The summed E-state index contributed by atoms with van der Waals surface area (Å²) in [4.78, 5) is 2.34. The highest BCUT2D eigenvalue weighted by molar-refractivity contribution is 4.80. The van der Waals surface area contributed by atoms with Crippen LogP contribution in [0.25, 0.3) is 0 Å². The van der Waals surface area contributed by atoms with Crippen LogP contribution >= 0.6 is 0 Å². The van der Waals surface area contributed by atoms with Gasteiger partial charge in [0.05, 0.1) is 6.10 Å². The van der Waals surface area contributed by atoms with Gasteiger partial charge in [-0.25, -0.2) is 0 Å². The highest BCUT2D eigenvalue weighted by Crippen LogP contribution is 2.28. The van der Waals surface area contributed by atoms with Gasteiger partial charge in [-0.2, -0.15) is 0 Å². The number of hydrogen-bond donors (Lipinski definition) is 0. The minimum absolute atomic E-state index is 0.387. The van der Waals surface area contributed by atoms with Crippen LogP contribution in [-0.2, 0) is 4.74 Å². The summed E-state index contributed by atoms with van der Waals surface area (Å²) in [5.41, 5.74) is 0. The molecule has 0 aromatic heterocycles. The number of nitrogens with zero attached hydrogens (tertiary/aromatic N) is 1. The second-order valence-electron chi connectivity index (χ2n) is 4.68. The van der Waals surface area contributed by atoms with Gasteiger partial charge in [0.1, 0.15) is 0 Å². The monoisotopic (exact) mass is 185 g/mol. The number of ether oxygens (including phenoxy) is 1. The van der Waals surface area contributed by atoms with E-state index in [1.54, 1.807) is 0 Å². The van der Waals surface area contributed by atoms with Crippen molar-refractivity contribution in [1.82, 2.24) is 4.90 Å². The summed E-state index contributed by atoms with van der Waals surface area (Å²) < 4.78 is 5.64. The minimum Gasteiger partial charge on any atom is -0.379 e. The van der Waals surface area contributed by atoms with E-state index in [0.717, 1.165) is 18.6 Å². The third kappa shape index (κ3) is 3.65. The SMILES string of the molecule is CC(C)OCC1CCC(N(C)C)C1. The van der Waals surface area contributed by atoms with E-state index in [-0.39, 0.29) is 0 Å². The van der Waals surface area contributed by atoms with Crippen molar-refractivity contribution < 1.29 is 4.74 Å². The Balaban J connectivity index is 2.17. The lowest BCUT2D eigenvalue weighted by molar-refractivity contribution is 0.0511. The van der Waals surface area contributed by atoms with E-state index in [2.05, 4.69) is 32.8 Å². The van der Waals surface area contributed by atoms with Crippen molar-refractivity contribution in [2.24, 2.45) is 5.92 Å². The largest absolute Gasteiger partial charge is 0.379 e. The van der Waals surface area contributed by atoms with Crippen LogP contribution in [0.5, 0.6) is 0 Å². The Labute approximate surface area is 82.3 Å². The van der Waals surface area contributed by atoms with Gasteiger partial charge in [0, 0.05) is 12.6 Å². The molecule has 1 fully saturated rings. The van der Waals surface area contributed by atoms with Gasteiger partial charge in [-0.05, 0) is 53.1 Å². The van der Waals surface area contributed by atoms with Crippen molar-refractivity contribution in [3.63, 3.8) is 0 Å². The fourth-order valence-corrected chi connectivity index (χ4v) is 2.00. The average molecular weight is 185 g/mol. The molecule has 0 saturated heterocycles. The summed E-state index contributed by atoms with van der Waals surface area (Å²) in [6, 6.07) is 0.792. The van der Waals surface area contributed by atoms with Crippen LogP contribution in [0, 0.1) is 5.92 Å². The van der Waals surface area contributed by atoms with Crippen LogP contribution in [0.4, 0.5) is 0 Å². The molecule has 1 saturated carbocycles. The molecule has 0 amide bonds. The molecule has 0 aromatic rings. The first-order valence-electron chi connectivity index (χ1n) is 5.37. The van der Waals surface area contributed by atoms with Crippen molar-refractivity contribution in [3.8, 4) is 0 Å². The molecule has 0 aliphatic heterocycles. The average Bonchev–Trinajstić information content (AvgIpc) is 2.48. The molecular formula is C11H23NO. The molecule has 2 heteroatoms. The Hall–Kier alpha value is -0.0800. The molecule has 0 radical (unpaired) electrons. The smallest absolute Gasteiger partial charge is 0.0519 e. The molecule has 13 heavy (non-hydrogen) atoms. The fraction of sp³-hybridized carbons (Fsp3) is 1.00. The van der Waals surface area contributed by atoms with Gasteiger partial charge < -0.3 is 9.64 Å². The lowest BCUT2D eigenvalue weighted by atomic mass is 10.1. The van der Waals surface area contributed by atoms with Crippen LogP contribution < -0.4 is 0 Å². The van der Waals surface area contributed by atoms with E-state index >= 15 is 0 Å². The summed E-state index contributed by atoms with van der Waals surface area (Å²) in [7, 11) is 4.35. The highest BCUT2D eigenvalue weighted by Gasteiger charge is 2.25. The van der Waals surface area contributed by atoms with Crippen LogP contribution in [0.1, 0.15) is 33.1 Å². The molecular weight excluding hydrogens is 162 g/mol. The maximum absolute atomic E-state index is 5.64. The third-order valence-electron chi connectivity index (χ3n) is 2.91. The first-order valence-corrected chi connectivity index (χ1v) is 5.37. The predicted molar refractivity (Wildman–Crippen MR) is 55.9 cm³/mol. The number of rotatable bonds is 4. The van der Waals surface area contributed by atoms with Crippen LogP contribution in [0.3, 0.4) is 0 Å². The Morgan fingerprint density at radius 3 is 2.46 bits per heavy atom. The molecule has 1 aliphatic rings. The van der Waals surface area contributed by atoms with E-state index in [0.29, 0.717) is 6.10 Å². The second-order valence-corrected chi connectivity index (χ2v) is 4.68. The lowest BCUT2D eigenvalue weighted by Gasteiger charge is -2.19. The molecule has 78 valence electrons. The van der Waals surface area contributed by atoms with Gasteiger partial charge in [-0.15, -0.1) is 0 Å². The lowest BCUT2D eigenvalue weighted by Crippen LogP contribution is -2.25. The van der Waals surface area contributed by atoms with E-state index < -0.39 is 0 Å². The zero-order valence-electron chi connectivity index (χ0n) is 9.42. The summed E-state index contributed by atoms with van der Waals surface area (Å²) in [6.07, 6.45) is 4.40. The van der Waals surface area contributed by atoms with E-state index in [1.807, 2.05) is 0 Å². The summed E-state index contributed by atoms with van der Waals surface area (Å²) in [5, 5.41) is 0. The quantitative estimate of drug-likeness (QED) is 0.665. The van der Waals surface area contributed by atoms with Crippen molar-refractivity contribution in [2.75, 3.05) is 20.7 Å². The first kappa shape index (κ1) is 11.0. The van der Waals surface area contributed by atoms with Crippen LogP contribution in [-0.4, -0.2) is 37.7 Å². The predicted octanol–water partition coefficient (Wildman–Crippen LogP) is 2.14. The molecule has 0 aromatic carbocycles. The molecule has 1 aliphatic carbocycles. The van der Waals surface area contributed by atoms with E-state index in [9.17, 15) is 0 Å². The van der Waals surface area contributed by atoms with Gasteiger partial charge in [-0.1, -0.05) is 0 Å². The Kier molecular flexibility index (Phi) is 4.20. The Morgan fingerprint density at radius 1 is 1.31 bits per heavy atom. The van der Waals surface area contributed by atoms with Crippen LogP contribution in [0.15, 0.2) is 0 Å². The highest BCUT2D eigenvalue weighted by atomic mass is 16.5. The molecule has 2 unspecified atom stereocenters. The van der Waals surface area contributed by atoms with Gasteiger partial charge in [0.15, 0.2) is 0 Å². The van der Waals surface area contributed by atoms with Gasteiger partial charge in [-0.3, -0.25) is 0 Å². The van der Waals surface area contributed by atoms with Crippen molar-refractivity contribution in [2.45, 2.75) is 45.3 Å². The summed E-state index contributed by atoms with van der Waals surface area (Å²) in [5.74, 6) is 0.801. The zero-order valence-corrected chi connectivity index (χ0v) is 9.42. The molecule has 2 atom stereocenters. The summed E-state index contributed by atoms with van der Waals surface area (Å²) >= 11 is 0. The Bertz CT molecular complexity index is 145. The topological polar surface area (TPSA) is 12.5 Å². The summed E-state index contributed by atoms with van der Waals surface area (Å²) in [6.45, 7) is 5.18. The Morgan fingerprint density at radius 2 is 2.00 bits per heavy atom. The van der Waals surface area contributed by atoms with Gasteiger partial charge in [0.2, 0.25) is 0 Å². The standard InChI is InChI=1S/C11H23NO/c1-9(2)13-8-10-5-6-11(7-10)12(3)4/h9-11H,5-8H2,1-4H3. The van der Waals surface area contributed by atoms with Crippen molar-refractivity contribution in [1.29, 1.82) is 0 Å². The molecule has 0 N–H and O–H groups in total. The number of hydrogen-bond acceptors (Lipinski definition) is 2. The van der Waals surface area contributed by atoms with Crippen molar-refractivity contribution >= 4 is 0 Å². The maximum Gasteiger partial charge on any atom is 0.0519 e. The molecule has 0 heterocycles. The van der Waals surface area contributed by atoms with Crippen molar-refractivity contribution in [3.05, 3.63) is 0 Å². The minimum atomic E-state index is 0.387. The van der Waals surface area contributed by atoms with Gasteiger partial charge in [0.25, 0.3) is 0 Å². The maximum atomic E-state index is 5.64. The molecule has 1 rings (SSSR count).